The molecule has 2 rings (SSSR count). The SMILES string of the molecule is CC1C(=O)N(C)C(=Cc2cccnc2Cl)C(=O)N1C. The molecule has 0 spiro atoms. The second-order valence-electron chi connectivity index (χ2n) is 4.40. The highest BCUT2D eigenvalue weighted by atomic mass is 35.5. The van der Waals surface area contributed by atoms with Crippen LogP contribution in [0.15, 0.2) is 24.0 Å². The van der Waals surface area contributed by atoms with Gasteiger partial charge in [0, 0.05) is 25.9 Å². The number of aromatic nitrogens is 1. The van der Waals surface area contributed by atoms with Gasteiger partial charge in [-0.1, -0.05) is 17.7 Å². The van der Waals surface area contributed by atoms with Crippen molar-refractivity contribution in [2.75, 3.05) is 14.1 Å². The van der Waals surface area contributed by atoms with Crippen LogP contribution in [0, 0.1) is 0 Å². The van der Waals surface area contributed by atoms with Gasteiger partial charge in [-0.3, -0.25) is 9.59 Å². The first-order valence-corrected chi connectivity index (χ1v) is 6.18. The van der Waals surface area contributed by atoms with Gasteiger partial charge in [0.05, 0.1) is 0 Å². The number of pyridine rings is 1. The van der Waals surface area contributed by atoms with Crippen LogP contribution in [0.25, 0.3) is 6.08 Å². The smallest absolute Gasteiger partial charge is 0.270 e. The van der Waals surface area contributed by atoms with Gasteiger partial charge in [0.25, 0.3) is 5.91 Å². The van der Waals surface area contributed by atoms with E-state index in [4.69, 9.17) is 11.6 Å². The fourth-order valence-corrected chi connectivity index (χ4v) is 2.05. The molecule has 2 amide bonds. The fourth-order valence-electron chi connectivity index (χ4n) is 1.88. The van der Waals surface area contributed by atoms with Crippen molar-refractivity contribution in [3.8, 4) is 0 Å². The van der Waals surface area contributed by atoms with Gasteiger partial charge in [-0.15, -0.1) is 0 Å². The molecule has 0 N–H and O–H groups in total. The summed E-state index contributed by atoms with van der Waals surface area (Å²) in [6, 6.07) is 3.00. The molecule has 6 heteroatoms. The predicted molar refractivity (Wildman–Crippen MR) is 72.2 cm³/mol. The van der Waals surface area contributed by atoms with Gasteiger partial charge in [-0.25, -0.2) is 4.98 Å². The molecule has 1 aromatic heterocycles. The molecule has 1 atom stereocenters. The Labute approximate surface area is 116 Å². The topological polar surface area (TPSA) is 53.5 Å². The standard InChI is InChI=1S/C13H14ClN3O2/c1-8-12(18)17(3)10(13(19)16(8)2)7-9-5-4-6-15-11(9)14/h4-8H,1-3H3. The third kappa shape index (κ3) is 2.33. The lowest BCUT2D eigenvalue weighted by Crippen LogP contribution is -2.54. The number of rotatable bonds is 1. The molecule has 19 heavy (non-hydrogen) atoms. The average molecular weight is 280 g/mol. The van der Waals surface area contributed by atoms with E-state index in [0.29, 0.717) is 16.4 Å². The lowest BCUT2D eigenvalue weighted by atomic mass is 10.1. The highest BCUT2D eigenvalue weighted by molar-refractivity contribution is 6.31. The molecular formula is C13H14ClN3O2. The summed E-state index contributed by atoms with van der Waals surface area (Å²) in [5.41, 5.74) is 0.899. The second-order valence-corrected chi connectivity index (χ2v) is 4.76. The van der Waals surface area contributed by atoms with E-state index < -0.39 is 6.04 Å². The average Bonchev–Trinajstić information content (AvgIpc) is 2.41. The van der Waals surface area contributed by atoms with Crippen LogP contribution in [0.1, 0.15) is 12.5 Å². The minimum absolute atomic E-state index is 0.131. The van der Waals surface area contributed by atoms with Crippen LogP contribution >= 0.6 is 11.6 Å². The molecule has 1 aromatic rings. The lowest BCUT2D eigenvalue weighted by Gasteiger charge is -2.36. The largest absolute Gasteiger partial charge is 0.329 e. The van der Waals surface area contributed by atoms with Crippen molar-refractivity contribution in [1.29, 1.82) is 0 Å². The summed E-state index contributed by atoms with van der Waals surface area (Å²) < 4.78 is 0. The molecule has 0 aliphatic carbocycles. The van der Waals surface area contributed by atoms with Gasteiger partial charge in [-0.05, 0) is 19.1 Å². The number of nitrogens with zero attached hydrogens (tertiary/aromatic N) is 3. The summed E-state index contributed by atoms with van der Waals surface area (Å²) in [5, 5.41) is 0.296. The minimum atomic E-state index is -0.459. The molecule has 0 aromatic carbocycles. The Morgan fingerprint density at radius 2 is 2.05 bits per heavy atom. The Morgan fingerprint density at radius 1 is 1.37 bits per heavy atom. The summed E-state index contributed by atoms with van der Waals surface area (Å²) in [7, 11) is 3.19. The maximum absolute atomic E-state index is 12.2. The predicted octanol–water partition coefficient (Wildman–Crippen LogP) is 1.39. The normalized spacial score (nSPS) is 22.3. The van der Waals surface area contributed by atoms with Gasteiger partial charge in [0.15, 0.2) is 0 Å². The van der Waals surface area contributed by atoms with Crippen LogP contribution in [-0.2, 0) is 9.59 Å². The minimum Gasteiger partial charge on any atom is -0.329 e. The zero-order valence-electron chi connectivity index (χ0n) is 10.9. The van der Waals surface area contributed by atoms with E-state index in [2.05, 4.69) is 4.98 Å². The van der Waals surface area contributed by atoms with Gasteiger partial charge in [0.2, 0.25) is 5.91 Å². The number of hydrogen-bond donors (Lipinski definition) is 0. The number of hydrogen-bond acceptors (Lipinski definition) is 3. The monoisotopic (exact) mass is 279 g/mol. The number of halogens is 1. The Balaban J connectivity index is 2.46. The van der Waals surface area contributed by atoms with Gasteiger partial charge >= 0.3 is 0 Å². The molecule has 1 aliphatic rings. The highest BCUT2D eigenvalue weighted by Gasteiger charge is 2.36. The van der Waals surface area contributed by atoms with Crippen molar-refractivity contribution >= 4 is 29.5 Å². The lowest BCUT2D eigenvalue weighted by molar-refractivity contribution is -0.147. The van der Waals surface area contributed by atoms with Crippen molar-refractivity contribution in [2.45, 2.75) is 13.0 Å². The molecule has 1 aliphatic heterocycles. The number of carbonyl (C=O) groups excluding carboxylic acids is 2. The number of amides is 2. The highest BCUT2D eigenvalue weighted by Crippen LogP contribution is 2.22. The van der Waals surface area contributed by atoms with Gasteiger partial charge in [-0.2, -0.15) is 0 Å². The number of likely N-dealkylation sites (N-methyl/N-ethyl adjacent to an activating group) is 2. The van der Waals surface area contributed by atoms with E-state index >= 15 is 0 Å². The molecule has 0 saturated carbocycles. The van der Waals surface area contributed by atoms with Crippen LogP contribution in [0.5, 0.6) is 0 Å². The van der Waals surface area contributed by atoms with E-state index in [1.807, 2.05) is 0 Å². The summed E-state index contributed by atoms with van der Waals surface area (Å²) in [5.74, 6) is -0.345. The van der Waals surface area contributed by atoms with Gasteiger partial charge in [0.1, 0.15) is 16.9 Å². The fraction of sp³-hybridized carbons (Fsp3) is 0.308. The Kier molecular flexibility index (Phi) is 3.57. The van der Waals surface area contributed by atoms with E-state index in [-0.39, 0.29) is 11.8 Å². The van der Waals surface area contributed by atoms with Crippen LogP contribution < -0.4 is 0 Å². The Morgan fingerprint density at radius 3 is 2.68 bits per heavy atom. The van der Waals surface area contributed by atoms with Crippen molar-refractivity contribution in [3.63, 3.8) is 0 Å². The molecule has 2 heterocycles. The molecule has 1 saturated heterocycles. The molecule has 0 bridgehead atoms. The van der Waals surface area contributed by atoms with Crippen molar-refractivity contribution < 1.29 is 9.59 Å². The summed E-state index contributed by atoms with van der Waals surface area (Å²) >= 11 is 5.96. The van der Waals surface area contributed by atoms with E-state index in [1.54, 1.807) is 45.4 Å². The summed E-state index contributed by atoms with van der Waals surface area (Å²) in [4.78, 5) is 30.9. The summed E-state index contributed by atoms with van der Waals surface area (Å²) in [6.45, 7) is 1.70. The van der Waals surface area contributed by atoms with Crippen molar-refractivity contribution in [2.24, 2.45) is 0 Å². The first kappa shape index (κ1) is 13.5. The molecular weight excluding hydrogens is 266 g/mol. The molecule has 1 fully saturated rings. The van der Waals surface area contributed by atoms with Crippen molar-refractivity contribution in [1.82, 2.24) is 14.8 Å². The third-order valence-corrected chi connectivity index (χ3v) is 3.57. The van der Waals surface area contributed by atoms with Crippen LogP contribution in [-0.4, -0.2) is 46.7 Å². The van der Waals surface area contributed by atoms with E-state index in [9.17, 15) is 9.59 Å². The van der Waals surface area contributed by atoms with Gasteiger partial charge < -0.3 is 9.80 Å². The van der Waals surface area contributed by atoms with Crippen LogP contribution in [0.2, 0.25) is 5.15 Å². The second kappa shape index (κ2) is 5.01. The molecule has 5 nitrogen and oxygen atoms in total. The Bertz CT molecular complexity index is 571. The first-order valence-electron chi connectivity index (χ1n) is 5.80. The van der Waals surface area contributed by atoms with Crippen molar-refractivity contribution in [3.05, 3.63) is 34.7 Å². The third-order valence-electron chi connectivity index (χ3n) is 3.25. The van der Waals surface area contributed by atoms with E-state index in [1.165, 1.54) is 9.80 Å². The maximum atomic E-state index is 12.2. The zero-order valence-corrected chi connectivity index (χ0v) is 11.7. The molecule has 0 radical (unpaired) electrons. The zero-order chi connectivity index (χ0) is 14.2. The molecule has 1 unspecified atom stereocenters. The van der Waals surface area contributed by atoms with Crippen LogP contribution in [0.4, 0.5) is 0 Å². The number of carbonyl (C=O) groups is 2. The first-order chi connectivity index (χ1) is 8.93. The Hall–Kier alpha value is -1.88. The number of piperazine rings is 1. The maximum Gasteiger partial charge on any atom is 0.270 e. The summed E-state index contributed by atoms with van der Waals surface area (Å²) in [6.07, 6.45) is 3.15. The quantitative estimate of drug-likeness (QED) is 0.577. The van der Waals surface area contributed by atoms with E-state index in [0.717, 1.165) is 0 Å². The van der Waals surface area contributed by atoms with Crippen LogP contribution in [0.3, 0.4) is 0 Å². The molecule has 100 valence electrons.